The number of rotatable bonds is 5. The van der Waals surface area contributed by atoms with Crippen LogP contribution in [-0.2, 0) is 0 Å². The van der Waals surface area contributed by atoms with E-state index < -0.39 is 0 Å². The SMILES string of the molecule is CC(O)C1CNCCC1CCCC1CCNC2CCCCC12. The molecule has 3 fully saturated rings. The molecule has 6 atom stereocenters. The quantitative estimate of drug-likeness (QED) is 0.732. The van der Waals surface area contributed by atoms with Crippen LogP contribution in [0.2, 0.25) is 0 Å². The Kier molecular flexibility index (Phi) is 6.17. The first-order chi connectivity index (χ1) is 10.8. The molecular weight excluding hydrogens is 272 g/mol. The van der Waals surface area contributed by atoms with E-state index in [1.54, 1.807) is 0 Å². The monoisotopic (exact) mass is 308 g/mol. The van der Waals surface area contributed by atoms with Gasteiger partial charge in [-0.15, -0.1) is 0 Å². The summed E-state index contributed by atoms with van der Waals surface area (Å²) in [7, 11) is 0. The Morgan fingerprint density at radius 3 is 2.64 bits per heavy atom. The summed E-state index contributed by atoms with van der Waals surface area (Å²) in [6.07, 6.45) is 12.4. The molecule has 3 N–H and O–H groups in total. The van der Waals surface area contributed by atoms with E-state index in [2.05, 4.69) is 10.6 Å². The maximum absolute atomic E-state index is 10.0. The number of nitrogens with one attached hydrogen (secondary N) is 2. The molecule has 6 unspecified atom stereocenters. The third-order valence-corrected chi connectivity index (χ3v) is 6.79. The average Bonchev–Trinajstić information content (AvgIpc) is 2.55. The predicted molar refractivity (Wildman–Crippen MR) is 91.9 cm³/mol. The molecule has 2 aliphatic heterocycles. The van der Waals surface area contributed by atoms with Crippen molar-refractivity contribution in [2.24, 2.45) is 23.7 Å². The van der Waals surface area contributed by atoms with Crippen LogP contribution >= 0.6 is 0 Å². The molecule has 1 aliphatic carbocycles. The molecule has 128 valence electrons. The molecule has 0 aromatic rings. The van der Waals surface area contributed by atoms with E-state index in [0.29, 0.717) is 5.92 Å². The zero-order chi connectivity index (χ0) is 15.4. The second-order valence-electron chi connectivity index (χ2n) is 8.15. The van der Waals surface area contributed by atoms with Crippen molar-refractivity contribution in [2.45, 2.75) is 76.9 Å². The second kappa shape index (κ2) is 8.12. The van der Waals surface area contributed by atoms with Crippen LogP contribution in [0.3, 0.4) is 0 Å². The summed E-state index contributed by atoms with van der Waals surface area (Å²) in [5, 5.41) is 17.2. The average molecular weight is 309 g/mol. The smallest absolute Gasteiger partial charge is 0.0555 e. The first-order valence-electron chi connectivity index (χ1n) is 9.88. The summed E-state index contributed by atoms with van der Waals surface area (Å²) in [5.41, 5.74) is 0. The predicted octanol–water partition coefficient (Wildman–Crippen LogP) is 2.93. The number of hydrogen-bond donors (Lipinski definition) is 3. The normalized spacial score (nSPS) is 40.9. The highest BCUT2D eigenvalue weighted by molar-refractivity contribution is 4.90. The zero-order valence-corrected chi connectivity index (χ0v) is 14.4. The van der Waals surface area contributed by atoms with Gasteiger partial charge in [0.1, 0.15) is 0 Å². The van der Waals surface area contributed by atoms with Crippen molar-refractivity contribution in [2.75, 3.05) is 19.6 Å². The third kappa shape index (κ3) is 4.04. The lowest BCUT2D eigenvalue weighted by atomic mass is 9.70. The number of aliphatic hydroxyl groups is 1. The highest BCUT2D eigenvalue weighted by atomic mass is 16.3. The van der Waals surface area contributed by atoms with E-state index in [1.807, 2.05) is 6.92 Å². The van der Waals surface area contributed by atoms with Gasteiger partial charge in [0, 0.05) is 12.6 Å². The topological polar surface area (TPSA) is 44.3 Å². The molecule has 2 heterocycles. The van der Waals surface area contributed by atoms with Gasteiger partial charge in [-0.05, 0) is 75.8 Å². The standard InChI is InChI=1S/C19H36N2O/c1-14(22)18-13-20-11-9-16(18)6-4-5-15-10-12-21-19-8-3-2-7-17(15)19/h14-22H,2-13H2,1H3. The molecule has 3 rings (SSSR count). The van der Waals surface area contributed by atoms with E-state index in [0.717, 1.165) is 36.9 Å². The van der Waals surface area contributed by atoms with E-state index in [9.17, 15) is 5.11 Å². The second-order valence-corrected chi connectivity index (χ2v) is 8.15. The Morgan fingerprint density at radius 1 is 1.00 bits per heavy atom. The van der Waals surface area contributed by atoms with Crippen molar-refractivity contribution < 1.29 is 5.11 Å². The first kappa shape index (κ1) is 16.7. The summed E-state index contributed by atoms with van der Waals surface area (Å²) < 4.78 is 0. The largest absolute Gasteiger partial charge is 0.393 e. The van der Waals surface area contributed by atoms with Gasteiger partial charge >= 0.3 is 0 Å². The van der Waals surface area contributed by atoms with Crippen molar-refractivity contribution in [1.82, 2.24) is 10.6 Å². The summed E-state index contributed by atoms with van der Waals surface area (Å²) >= 11 is 0. The van der Waals surface area contributed by atoms with Gasteiger partial charge in [-0.1, -0.05) is 25.7 Å². The van der Waals surface area contributed by atoms with Gasteiger partial charge in [-0.2, -0.15) is 0 Å². The fraction of sp³-hybridized carbons (Fsp3) is 1.00. The van der Waals surface area contributed by atoms with Gasteiger partial charge in [-0.3, -0.25) is 0 Å². The Morgan fingerprint density at radius 2 is 1.77 bits per heavy atom. The lowest BCUT2D eigenvalue weighted by Gasteiger charge is -2.42. The van der Waals surface area contributed by atoms with Crippen LogP contribution in [0.25, 0.3) is 0 Å². The van der Waals surface area contributed by atoms with Crippen LogP contribution < -0.4 is 10.6 Å². The van der Waals surface area contributed by atoms with E-state index in [-0.39, 0.29) is 6.10 Å². The highest BCUT2D eigenvalue weighted by Gasteiger charge is 2.34. The van der Waals surface area contributed by atoms with Gasteiger partial charge in [0.25, 0.3) is 0 Å². The number of piperidine rings is 2. The van der Waals surface area contributed by atoms with Crippen LogP contribution in [0, 0.1) is 23.7 Å². The van der Waals surface area contributed by atoms with Gasteiger partial charge < -0.3 is 15.7 Å². The summed E-state index contributed by atoms with van der Waals surface area (Å²) in [6.45, 7) is 5.38. The Bertz CT molecular complexity index is 331. The molecule has 0 radical (unpaired) electrons. The fourth-order valence-corrected chi connectivity index (χ4v) is 5.51. The molecule has 22 heavy (non-hydrogen) atoms. The molecular formula is C19H36N2O. The lowest BCUT2D eigenvalue weighted by molar-refractivity contribution is 0.0629. The van der Waals surface area contributed by atoms with Crippen molar-refractivity contribution >= 4 is 0 Å². The molecule has 3 nitrogen and oxygen atoms in total. The number of aliphatic hydroxyl groups excluding tert-OH is 1. The minimum absolute atomic E-state index is 0.153. The summed E-state index contributed by atoms with van der Waals surface area (Å²) in [6, 6.07) is 0.830. The van der Waals surface area contributed by atoms with Gasteiger partial charge in [-0.25, -0.2) is 0 Å². The Balaban J connectivity index is 1.45. The van der Waals surface area contributed by atoms with Crippen LogP contribution in [0.1, 0.15) is 64.7 Å². The van der Waals surface area contributed by atoms with Crippen molar-refractivity contribution in [3.05, 3.63) is 0 Å². The Labute approximate surface area is 136 Å². The molecule has 0 spiro atoms. The van der Waals surface area contributed by atoms with Gasteiger partial charge in [0.2, 0.25) is 0 Å². The van der Waals surface area contributed by atoms with Crippen LogP contribution in [0.15, 0.2) is 0 Å². The van der Waals surface area contributed by atoms with Crippen LogP contribution in [0.5, 0.6) is 0 Å². The minimum atomic E-state index is -0.153. The molecule has 0 bridgehead atoms. The third-order valence-electron chi connectivity index (χ3n) is 6.79. The molecule has 0 aromatic heterocycles. The minimum Gasteiger partial charge on any atom is -0.393 e. The van der Waals surface area contributed by atoms with Crippen LogP contribution in [0.4, 0.5) is 0 Å². The molecule has 3 heteroatoms. The maximum Gasteiger partial charge on any atom is 0.0555 e. The first-order valence-corrected chi connectivity index (χ1v) is 9.88. The number of hydrogen-bond acceptors (Lipinski definition) is 3. The van der Waals surface area contributed by atoms with E-state index in [1.165, 1.54) is 64.3 Å². The molecule has 3 aliphatic rings. The van der Waals surface area contributed by atoms with Crippen molar-refractivity contribution in [3.8, 4) is 0 Å². The fourth-order valence-electron chi connectivity index (χ4n) is 5.51. The summed E-state index contributed by atoms with van der Waals surface area (Å²) in [5.74, 6) is 3.15. The van der Waals surface area contributed by atoms with Crippen LogP contribution in [-0.4, -0.2) is 36.9 Å². The Hall–Kier alpha value is -0.120. The van der Waals surface area contributed by atoms with E-state index >= 15 is 0 Å². The van der Waals surface area contributed by atoms with Gasteiger partial charge in [0.15, 0.2) is 0 Å². The van der Waals surface area contributed by atoms with Crippen molar-refractivity contribution in [3.63, 3.8) is 0 Å². The van der Waals surface area contributed by atoms with Crippen molar-refractivity contribution in [1.29, 1.82) is 0 Å². The zero-order valence-electron chi connectivity index (χ0n) is 14.4. The van der Waals surface area contributed by atoms with E-state index in [4.69, 9.17) is 0 Å². The lowest BCUT2D eigenvalue weighted by Crippen LogP contribution is -2.47. The summed E-state index contributed by atoms with van der Waals surface area (Å²) in [4.78, 5) is 0. The molecule has 2 saturated heterocycles. The molecule has 1 saturated carbocycles. The highest BCUT2D eigenvalue weighted by Crippen LogP contribution is 2.38. The molecule has 0 amide bonds. The molecule has 0 aromatic carbocycles. The number of fused-ring (bicyclic) bond motifs is 1. The van der Waals surface area contributed by atoms with Gasteiger partial charge in [0.05, 0.1) is 6.10 Å². The maximum atomic E-state index is 10.0.